The third-order valence-electron chi connectivity index (χ3n) is 4.04. The van der Waals surface area contributed by atoms with Gasteiger partial charge >= 0.3 is 0 Å². The van der Waals surface area contributed by atoms with Gasteiger partial charge in [-0.05, 0) is 43.2 Å². The highest BCUT2D eigenvalue weighted by molar-refractivity contribution is 5.94. The molecule has 1 aromatic heterocycles. The fourth-order valence-electron chi connectivity index (χ4n) is 2.77. The predicted molar refractivity (Wildman–Crippen MR) is 92.8 cm³/mol. The van der Waals surface area contributed by atoms with E-state index in [1.807, 2.05) is 54.6 Å². The van der Waals surface area contributed by atoms with Crippen LogP contribution < -0.4 is 5.32 Å². The monoisotopic (exact) mass is 335 g/mol. The molecular formula is C19H17N3O3. The molecule has 3 aromatic rings. The molecule has 2 aromatic carbocycles. The van der Waals surface area contributed by atoms with Crippen molar-refractivity contribution in [1.82, 2.24) is 10.2 Å². The second kappa shape index (κ2) is 6.86. The molecule has 2 heterocycles. The molecule has 4 rings (SSSR count). The van der Waals surface area contributed by atoms with Gasteiger partial charge in [-0.1, -0.05) is 24.3 Å². The van der Waals surface area contributed by atoms with Crippen LogP contribution in [-0.4, -0.2) is 28.8 Å². The molecule has 0 spiro atoms. The van der Waals surface area contributed by atoms with Gasteiger partial charge in [0.15, 0.2) is 0 Å². The zero-order chi connectivity index (χ0) is 17.1. The Bertz CT molecular complexity index is 870. The molecule has 1 aliphatic heterocycles. The number of hydrogen-bond acceptors (Lipinski definition) is 5. The molecule has 1 atom stereocenters. The molecule has 0 bridgehead atoms. The summed E-state index contributed by atoms with van der Waals surface area (Å²) in [5, 5.41) is 11.1. The van der Waals surface area contributed by atoms with Gasteiger partial charge in [-0.3, -0.25) is 4.79 Å². The minimum atomic E-state index is -0.364. The van der Waals surface area contributed by atoms with Gasteiger partial charge in [-0.15, -0.1) is 10.2 Å². The number of carbonyl (C=O) groups excluding carboxylic acids is 1. The van der Waals surface area contributed by atoms with Gasteiger partial charge < -0.3 is 14.5 Å². The van der Waals surface area contributed by atoms with Crippen molar-refractivity contribution in [2.75, 3.05) is 11.9 Å². The zero-order valence-corrected chi connectivity index (χ0v) is 13.5. The van der Waals surface area contributed by atoms with E-state index in [0.29, 0.717) is 24.1 Å². The minimum absolute atomic E-state index is 0.120. The van der Waals surface area contributed by atoms with Crippen LogP contribution in [0.2, 0.25) is 0 Å². The van der Waals surface area contributed by atoms with Crippen molar-refractivity contribution < 1.29 is 13.9 Å². The maximum absolute atomic E-state index is 12.2. The first kappa shape index (κ1) is 15.5. The average Bonchev–Trinajstić information content (AvgIpc) is 3.35. The summed E-state index contributed by atoms with van der Waals surface area (Å²) >= 11 is 0. The van der Waals surface area contributed by atoms with Gasteiger partial charge in [0.2, 0.25) is 11.8 Å². The van der Waals surface area contributed by atoms with E-state index in [1.165, 1.54) is 0 Å². The SMILES string of the molecule is O=C(Nc1cccc(-c2nnc(-c3ccccc3)o2)c1)[C@@H]1CCCO1. The third kappa shape index (κ3) is 3.44. The van der Waals surface area contributed by atoms with Crippen molar-refractivity contribution in [2.45, 2.75) is 18.9 Å². The van der Waals surface area contributed by atoms with Gasteiger partial charge in [0, 0.05) is 23.4 Å². The summed E-state index contributed by atoms with van der Waals surface area (Å²) in [6.07, 6.45) is 1.31. The Kier molecular flexibility index (Phi) is 4.26. The number of nitrogens with one attached hydrogen (secondary N) is 1. The van der Waals surface area contributed by atoms with E-state index in [4.69, 9.17) is 9.15 Å². The van der Waals surface area contributed by atoms with Crippen molar-refractivity contribution in [3.63, 3.8) is 0 Å². The van der Waals surface area contributed by atoms with Gasteiger partial charge in [-0.2, -0.15) is 0 Å². The Labute approximate surface area is 144 Å². The molecule has 25 heavy (non-hydrogen) atoms. The van der Waals surface area contributed by atoms with Gasteiger partial charge in [0.05, 0.1) is 0 Å². The lowest BCUT2D eigenvalue weighted by Crippen LogP contribution is -2.26. The fourth-order valence-corrected chi connectivity index (χ4v) is 2.77. The van der Waals surface area contributed by atoms with Crippen LogP contribution in [0.25, 0.3) is 22.9 Å². The maximum Gasteiger partial charge on any atom is 0.253 e. The summed E-state index contributed by atoms with van der Waals surface area (Å²) in [7, 11) is 0. The average molecular weight is 335 g/mol. The molecule has 126 valence electrons. The molecule has 6 nitrogen and oxygen atoms in total. The topological polar surface area (TPSA) is 77.3 Å². The molecule has 1 N–H and O–H groups in total. The summed E-state index contributed by atoms with van der Waals surface area (Å²) in [6, 6.07) is 16.9. The number of ether oxygens (including phenoxy) is 1. The Balaban J connectivity index is 1.53. The van der Waals surface area contributed by atoms with Crippen molar-refractivity contribution in [3.8, 4) is 22.9 Å². The maximum atomic E-state index is 12.2. The Hall–Kier alpha value is -2.99. The fraction of sp³-hybridized carbons (Fsp3) is 0.211. The van der Waals surface area contributed by atoms with E-state index in [1.54, 1.807) is 0 Å². The van der Waals surface area contributed by atoms with Crippen molar-refractivity contribution >= 4 is 11.6 Å². The van der Waals surface area contributed by atoms with Crippen LogP contribution in [-0.2, 0) is 9.53 Å². The molecule has 1 amide bonds. The van der Waals surface area contributed by atoms with E-state index in [2.05, 4.69) is 15.5 Å². The quantitative estimate of drug-likeness (QED) is 0.789. The van der Waals surface area contributed by atoms with Crippen LogP contribution in [0, 0.1) is 0 Å². The van der Waals surface area contributed by atoms with E-state index in [-0.39, 0.29) is 12.0 Å². The standard InChI is InChI=1S/C19H17N3O3/c23-17(16-10-5-11-24-16)20-15-9-4-8-14(12-15)19-22-21-18(25-19)13-6-2-1-3-7-13/h1-4,6-9,12,16H,5,10-11H2,(H,20,23)/t16-/m0/s1. The van der Waals surface area contributed by atoms with E-state index < -0.39 is 0 Å². The van der Waals surface area contributed by atoms with Crippen LogP contribution >= 0.6 is 0 Å². The van der Waals surface area contributed by atoms with Crippen LogP contribution in [0.5, 0.6) is 0 Å². The molecule has 0 radical (unpaired) electrons. The van der Waals surface area contributed by atoms with Crippen molar-refractivity contribution in [3.05, 3.63) is 54.6 Å². The van der Waals surface area contributed by atoms with Crippen LogP contribution in [0.1, 0.15) is 12.8 Å². The highest BCUT2D eigenvalue weighted by Gasteiger charge is 2.23. The van der Waals surface area contributed by atoms with Crippen LogP contribution in [0.4, 0.5) is 5.69 Å². The number of aromatic nitrogens is 2. The lowest BCUT2D eigenvalue weighted by atomic mass is 10.2. The summed E-state index contributed by atoms with van der Waals surface area (Å²) in [4.78, 5) is 12.2. The summed E-state index contributed by atoms with van der Waals surface area (Å²) < 4.78 is 11.2. The molecule has 1 aliphatic rings. The third-order valence-corrected chi connectivity index (χ3v) is 4.04. The number of benzene rings is 2. The van der Waals surface area contributed by atoms with E-state index >= 15 is 0 Å². The first-order valence-corrected chi connectivity index (χ1v) is 8.21. The first-order valence-electron chi connectivity index (χ1n) is 8.21. The number of rotatable bonds is 4. The second-order valence-corrected chi connectivity index (χ2v) is 5.85. The highest BCUT2D eigenvalue weighted by atomic mass is 16.5. The Morgan fingerprint density at radius 3 is 2.52 bits per heavy atom. The summed E-state index contributed by atoms with van der Waals surface area (Å²) in [6.45, 7) is 0.641. The smallest absolute Gasteiger partial charge is 0.253 e. The number of carbonyl (C=O) groups is 1. The van der Waals surface area contributed by atoms with Gasteiger partial charge in [0.25, 0.3) is 5.91 Å². The Morgan fingerprint density at radius 2 is 1.76 bits per heavy atom. The van der Waals surface area contributed by atoms with Gasteiger partial charge in [-0.25, -0.2) is 0 Å². The number of anilines is 1. The second-order valence-electron chi connectivity index (χ2n) is 5.85. The molecule has 0 saturated carbocycles. The largest absolute Gasteiger partial charge is 0.416 e. The van der Waals surface area contributed by atoms with Crippen molar-refractivity contribution in [1.29, 1.82) is 0 Å². The number of nitrogens with zero attached hydrogens (tertiary/aromatic N) is 2. The first-order chi connectivity index (χ1) is 12.3. The zero-order valence-electron chi connectivity index (χ0n) is 13.5. The molecule has 0 aliphatic carbocycles. The van der Waals surface area contributed by atoms with Gasteiger partial charge in [0.1, 0.15) is 6.10 Å². The minimum Gasteiger partial charge on any atom is -0.416 e. The van der Waals surface area contributed by atoms with Crippen LogP contribution in [0.15, 0.2) is 59.0 Å². The highest BCUT2D eigenvalue weighted by Crippen LogP contribution is 2.26. The molecule has 1 saturated heterocycles. The molecule has 6 heteroatoms. The van der Waals surface area contributed by atoms with E-state index in [0.717, 1.165) is 24.0 Å². The van der Waals surface area contributed by atoms with Crippen molar-refractivity contribution in [2.24, 2.45) is 0 Å². The number of amides is 1. The summed E-state index contributed by atoms with van der Waals surface area (Å²) in [5.74, 6) is 0.751. The lowest BCUT2D eigenvalue weighted by Gasteiger charge is -2.10. The Morgan fingerprint density at radius 1 is 1.00 bits per heavy atom. The van der Waals surface area contributed by atoms with Crippen LogP contribution in [0.3, 0.4) is 0 Å². The summed E-state index contributed by atoms with van der Waals surface area (Å²) in [5.41, 5.74) is 2.29. The normalized spacial score (nSPS) is 16.7. The molecule has 1 fully saturated rings. The van der Waals surface area contributed by atoms with E-state index in [9.17, 15) is 4.79 Å². The predicted octanol–water partition coefficient (Wildman–Crippen LogP) is 3.52. The lowest BCUT2D eigenvalue weighted by molar-refractivity contribution is -0.124. The molecular weight excluding hydrogens is 318 g/mol. The molecule has 0 unspecified atom stereocenters. The number of hydrogen-bond donors (Lipinski definition) is 1.